The number of aromatic nitrogens is 2. The lowest BCUT2D eigenvalue weighted by Crippen LogP contribution is -2.09. The van der Waals surface area contributed by atoms with Gasteiger partial charge in [-0.2, -0.15) is 0 Å². The molecule has 20 heavy (non-hydrogen) atoms. The van der Waals surface area contributed by atoms with Crippen LogP contribution >= 0.6 is 15.9 Å². The minimum absolute atomic E-state index is 0.668. The van der Waals surface area contributed by atoms with Gasteiger partial charge in [0.2, 0.25) is 0 Å². The van der Waals surface area contributed by atoms with Gasteiger partial charge < -0.3 is 16.4 Å². The molecule has 0 aliphatic carbocycles. The average Bonchev–Trinajstić information content (AvgIpc) is 2.44. The van der Waals surface area contributed by atoms with Crippen LogP contribution < -0.4 is 16.4 Å². The van der Waals surface area contributed by atoms with E-state index in [1.165, 1.54) is 5.56 Å². The van der Waals surface area contributed by atoms with Crippen LogP contribution in [0, 0.1) is 6.92 Å². The molecule has 0 radical (unpaired) electrons. The Morgan fingerprint density at radius 1 is 1.20 bits per heavy atom. The molecule has 0 bridgehead atoms. The molecule has 0 atom stereocenters. The van der Waals surface area contributed by atoms with E-state index in [0.717, 1.165) is 34.8 Å². The van der Waals surface area contributed by atoms with Gasteiger partial charge in [-0.15, -0.1) is 0 Å². The van der Waals surface area contributed by atoms with Crippen LogP contribution in [0.3, 0.4) is 0 Å². The van der Waals surface area contributed by atoms with E-state index in [2.05, 4.69) is 49.5 Å². The van der Waals surface area contributed by atoms with Crippen molar-refractivity contribution in [2.75, 3.05) is 23.7 Å². The summed E-state index contributed by atoms with van der Waals surface area (Å²) >= 11 is 3.49. The van der Waals surface area contributed by atoms with Crippen LogP contribution in [0.15, 0.2) is 35.1 Å². The van der Waals surface area contributed by atoms with Crippen molar-refractivity contribution in [1.82, 2.24) is 9.97 Å². The lowest BCUT2D eigenvalue weighted by atomic mass is 10.2. The van der Waals surface area contributed by atoms with Gasteiger partial charge in [0, 0.05) is 22.8 Å². The average molecular weight is 336 g/mol. The minimum atomic E-state index is 0.668. The van der Waals surface area contributed by atoms with E-state index < -0.39 is 0 Å². The molecule has 0 amide bonds. The van der Waals surface area contributed by atoms with Crippen LogP contribution in [0.5, 0.6) is 0 Å². The number of nitrogens with zero attached hydrogens (tertiary/aromatic N) is 2. The van der Waals surface area contributed by atoms with Crippen molar-refractivity contribution >= 4 is 33.3 Å². The van der Waals surface area contributed by atoms with Gasteiger partial charge in [0.15, 0.2) is 0 Å². The van der Waals surface area contributed by atoms with E-state index in [9.17, 15) is 0 Å². The normalized spacial score (nSPS) is 10.3. The number of halogens is 1. The molecular formula is C14H18BrN5. The third-order valence-corrected chi connectivity index (χ3v) is 3.67. The van der Waals surface area contributed by atoms with Gasteiger partial charge in [-0.3, -0.25) is 0 Å². The van der Waals surface area contributed by atoms with E-state index in [1.807, 2.05) is 18.2 Å². The number of hydrogen-bond acceptors (Lipinski definition) is 5. The third kappa shape index (κ3) is 4.18. The van der Waals surface area contributed by atoms with Crippen molar-refractivity contribution in [2.24, 2.45) is 5.73 Å². The fourth-order valence-corrected chi connectivity index (χ4v) is 1.96. The molecular weight excluding hydrogens is 318 g/mol. The Labute approximate surface area is 127 Å². The molecule has 4 N–H and O–H groups in total. The Kier molecular flexibility index (Phi) is 5.31. The minimum Gasteiger partial charge on any atom is -0.370 e. The fraction of sp³-hybridized carbons (Fsp3) is 0.286. The molecule has 0 aliphatic heterocycles. The van der Waals surface area contributed by atoms with Crippen LogP contribution in [0.25, 0.3) is 0 Å². The van der Waals surface area contributed by atoms with Crippen molar-refractivity contribution in [1.29, 1.82) is 0 Å². The summed E-state index contributed by atoms with van der Waals surface area (Å²) in [5, 5.41) is 6.48. The van der Waals surface area contributed by atoms with Gasteiger partial charge in [-0.05, 0) is 43.7 Å². The van der Waals surface area contributed by atoms with Gasteiger partial charge in [-0.25, -0.2) is 9.97 Å². The molecule has 6 heteroatoms. The Hall–Kier alpha value is -1.66. The maximum absolute atomic E-state index is 5.46. The number of rotatable bonds is 6. The monoisotopic (exact) mass is 335 g/mol. The highest BCUT2D eigenvalue weighted by molar-refractivity contribution is 9.10. The lowest BCUT2D eigenvalue weighted by molar-refractivity contribution is 0.869. The highest BCUT2D eigenvalue weighted by atomic mass is 79.9. The van der Waals surface area contributed by atoms with E-state index in [1.54, 1.807) is 6.33 Å². The molecule has 2 rings (SSSR count). The highest BCUT2D eigenvalue weighted by Gasteiger charge is 2.01. The summed E-state index contributed by atoms with van der Waals surface area (Å²) in [7, 11) is 0. The van der Waals surface area contributed by atoms with Gasteiger partial charge in [0.05, 0.1) is 0 Å². The van der Waals surface area contributed by atoms with Gasteiger partial charge in [-0.1, -0.05) is 15.9 Å². The molecule has 106 valence electrons. The quantitative estimate of drug-likeness (QED) is 0.707. The number of nitrogens with two attached hydrogens (primary N) is 1. The Morgan fingerprint density at radius 2 is 2.00 bits per heavy atom. The van der Waals surface area contributed by atoms with Gasteiger partial charge >= 0.3 is 0 Å². The second-order valence-corrected chi connectivity index (χ2v) is 5.30. The number of hydrogen-bond donors (Lipinski definition) is 3. The number of anilines is 3. The predicted octanol–water partition coefficient (Wildman–Crippen LogP) is 3.05. The zero-order chi connectivity index (χ0) is 14.4. The van der Waals surface area contributed by atoms with Crippen LogP contribution in [0.2, 0.25) is 0 Å². The van der Waals surface area contributed by atoms with E-state index >= 15 is 0 Å². The predicted molar refractivity (Wildman–Crippen MR) is 86.4 cm³/mol. The van der Waals surface area contributed by atoms with Crippen LogP contribution in [-0.2, 0) is 0 Å². The van der Waals surface area contributed by atoms with Crippen LogP contribution in [-0.4, -0.2) is 23.1 Å². The molecule has 1 heterocycles. The molecule has 0 fully saturated rings. The summed E-state index contributed by atoms with van der Waals surface area (Å²) in [5.41, 5.74) is 7.63. The topological polar surface area (TPSA) is 75.9 Å². The summed E-state index contributed by atoms with van der Waals surface area (Å²) in [6.07, 6.45) is 2.46. The second kappa shape index (κ2) is 7.21. The van der Waals surface area contributed by atoms with Gasteiger partial charge in [0.25, 0.3) is 0 Å². The SMILES string of the molecule is Cc1cc(Nc2cc(NCCCN)ncn2)ccc1Br. The number of benzene rings is 1. The largest absolute Gasteiger partial charge is 0.370 e. The van der Waals surface area contributed by atoms with Crippen LogP contribution in [0.4, 0.5) is 17.3 Å². The second-order valence-electron chi connectivity index (χ2n) is 4.45. The number of nitrogens with one attached hydrogen (secondary N) is 2. The first-order valence-corrected chi connectivity index (χ1v) is 7.27. The molecule has 0 saturated carbocycles. The Morgan fingerprint density at radius 3 is 2.75 bits per heavy atom. The molecule has 0 saturated heterocycles. The first-order valence-electron chi connectivity index (χ1n) is 6.48. The first kappa shape index (κ1) is 14.7. The third-order valence-electron chi connectivity index (χ3n) is 2.78. The van der Waals surface area contributed by atoms with Crippen molar-refractivity contribution in [2.45, 2.75) is 13.3 Å². The van der Waals surface area contributed by atoms with Crippen molar-refractivity contribution in [3.8, 4) is 0 Å². The van der Waals surface area contributed by atoms with Crippen molar-refractivity contribution in [3.05, 3.63) is 40.6 Å². The molecule has 0 aliphatic rings. The molecule has 0 unspecified atom stereocenters. The summed E-state index contributed by atoms with van der Waals surface area (Å²) < 4.78 is 1.09. The molecule has 0 spiro atoms. The molecule has 1 aromatic heterocycles. The zero-order valence-electron chi connectivity index (χ0n) is 11.4. The summed E-state index contributed by atoms with van der Waals surface area (Å²) in [6.45, 7) is 3.53. The van der Waals surface area contributed by atoms with E-state index in [-0.39, 0.29) is 0 Å². The molecule has 5 nitrogen and oxygen atoms in total. The van der Waals surface area contributed by atoms with Crippen molar-refractivity contribution in [3.63, 3.8) is 0 Å². The van der Waals surface area contributed by atoms with Crippen LogP contribution in [0.1, 0.15) is 12.0 Å². The summed E-state index contributed by atoms with van der Waals surface area (Å²) in [6, 6.07) is 7.96. The number of aryl methyl sites for hydroxylation is 1. The lowest BCUT2D eigenvalue weighted by Gasteiger charge is -2.09. The van der Waals surface area contributed by atoms with E-state index in [4.69, 9.17) is 5.73 Å². The van der Waals surface area contributed by atoms with Gasteiger partial charge in [0.1, 0.15) is 18.0 Å². The Balaban J connectivity index is 2.05. The first-order chi connectivity index (χ1) is 9.69. The zero-order valence-corrected chi connectivity index (χ0v) is 12.9. The Bertz CT molecular complexity index is 573. The molecule has 1 aromatic carbocycles. The smallest absolute Gasteiger partial charge is 0.135 e. The molecule has 2 aromatic rings. The van der Waals surface area contributed by atoms with Crippen molar-refractivity contribution < 1.29 is 0 Å². The summed E-state index contributed by atoms with van der Waals surface area (Å²) in [5.74, 6) is 1.56. The maximum Gasteiger partial charge on any atom is 0.135 e. The standard InChI is InChI=1S/C14H18BrN5/c1-10-7-11(3-4-12(10)15)20-14-8-13(18-9-19-14)17-6-2-5-16/h3-4,7-9H,2,5-6,16H2,1H3,(H2,17,18,19,20). The van der Waals surface area contributed by atoms with E-state index in [0.29, 0.717) is 6.54 Å². The summed E-state index contributed by atoms with van der Waals surface area (Å²) in [4.78, 5) is 8.39. The fourth-order valence-electron chi connectivity index (χ4n) is 1.71. The maximum atomic E-state index is 5.46. The highest BCUT2D eigenvalue weighted by Crippen LogP contribution is 2.22.